The molecule has 1 fully saturated rings. The number of aryl methyl sites for hydroxylation is 2. The first-order valence-electron chi connectivity index (χ1n) is 9.37. The van der Waals surface area contributed by atoms with E-state index in [0.717, 1.165) is 29.7 Å². The summed E-state index contributed by atoms with van der Waals surface area (Å²) in [5.41, 5.74) is 3.20. The molecule has 1 saturated carbocycles. The highest BCUT2D eigenvalue weighted by atomic mass is 32.2. The first-order chi connectivity index (χ1) is 12.5. The number of hydrogen-bond acceptors (Lipinski definition) is 5. The second-order valence-electron chi connectivity index (χ2n) is 7.12. The topological polar surface area (TPSA) is 72.7 Å². The molecule has 1 atom stereocenters. The van der Waals surface area contributed by atoms with Gasteiger partial charge in [0.25, 0.3) is 0 Å². The van der Waals surface area contributed by atoms with E-state index in [9.17, 15) is 4.79 Å². The molecule has 7 heteroatoms. The molecule has 0 aliphatic heterocycles. The van der Waals surface area contributed by atoms with E-state index in [2.05, 4.69) is 39.0 Å². The maximum absolute atomic E-state index is 12.6. The molecule has 0 saturated heterocycles. The van der Waals surface area contributed by atoms with Crippen molar-refractivity contribution < 1.29 is 4.79 Å². The van der Waals surface area contributed by atoms with Crippen molar-refractivity contribution in [2.24, 2.45) is 0 Å². The number of hydrogen-bond donors (Lipinski definition) is 1. The number of amides is 1. The summed E-state index contributed by atoms with van der Waals surface area (Å²) >= 11 is 1.40. The van der Waals surface area contributed by atoms with Gasteiger partial charge in [-0.3, -0.25) is 4.79 Å². The van der Waals surface area contributed by atoms with Gasteiger partial charge in [-0.05, 0) is 61.2 Å². The van der Waals surface area contributed by atoms with Crippen LogP contribution in [0, 0.1) is 13.8 Å². The van der Waals surface area contributed by atoms with Gasteiger partial charge in [-0.1, -0.05) is 49.6 Å². The molecular weight excluding hydrogens is 346 g/mol. The van der Waals surface area contributed by atoms with Gasteiger partial charge in [0.2, 0.25) is 11.1 Å². The van der Waals surface area contributed by atoms with Crippen molar-refractivity contribution >= 4 is 17.7 Å². The van der Waals surface area contributed by atoms with Crippen LogP contribution < -0.4 is 5.32 Å². The van der Waals surface area contributed by atoms with E-state index in [1.165, 1.54) is 37.4 Å². The molecule has 1 amide bonds. The smallest absolute Gasteiger partial charge is 0.233 e. The maximum Gasteiger partial charge on any atom is 0.233 e. The molecule has 3 rings (SSSR count). The molecule has 0 unspecified atom stereocenters. The quantitative estimate of drug-likeness (QED) is 0.640. The van der Waals surface area contributed by atoms with Gasteiger partial charge in [0.05, 0.1) is 10.9 Å². The van der Waals surface area contributed by atoms with Gasteiger partial charge in [-0.15, -0.1) is 5.10 Å². The fourth-order valence-corrected chi connectivity index (χ4v) is 4.11. The first kappa shape index (κ1) is 18.9. The minimum atomic E-state index is -0.242. The van der Waals surface area contributed by atoms with Crippen LogP contribution in [0.3, 0.4) is 0 Å². The van der Waals surface area contributed by atoms with E-state index in [1.54, 1.807) is 4.68 Å². The maximum atomic E-state index is 12.6. The molecule has 1 aliphatic carbocycles. The van der Waals surface area contributed by atoms with Crippen LogP contribution in [0.4, 0.5) is 0 Å². The number of thioether (sulfide) groups is 1. The minimum absolute atomic E-state index is 0.0671. The summed E-state index contributed by atoms with van der Waals surface area (Å²) in [4.78, 5) is 12.6. The second-order valence-corrected chi connectivity index (χ2v) is 8.43. The lowest BCUT2D eigenvalue weighted by Crippen LogP contribution is -2.39. The summed E-state index contributed by atoms with van der Waals surface area (Å²) in [6.45, 7) is 5.99. The molecule has 1 aromatic heterocycles. The summed E-state index contributed by atoms with van der Waals surface area (Å²) in [5.74, 6) is 0.0671. The van der Waals surface area contributed by atoms with Gasteiger partial charge < -0.3 is 5.32 Å². The van der Waals surface area contributed by atoms with E-state index in [-0.39, 0.29) is 11.2 Å². The van der Waals surface area contributed by atoms with Crippen LogP contribution in [0.2, 0.25) is 0 Å². The summed E-state index contributed by atoms with van der Waals surface area (Å²) in [5, 5.41) is 15.7. The number of aromatic nitrogens is 4. The lowest BCUT2D eigenvalue weighted by molar-refractivity contribution is -0.121. The van der Waals surface area contributed by atoms with E-state index >= 15 is 0 Å². The monoisotopic (exact) mass is 373 g/mol. The Hall–Kier alpha value is -1.89. The molecule has 2 aromatic rings. The van der Waals surface area contributed by atoms with Gasteiger partial charge in [0.1, 0.15) is 0 Å². The molecule has 1 N–H and O–H groups in total. The average Bonchev–Trinajstić information content (AvgIpc) is 2.91. The molecular formula is C19H27N5OS. The summed E-state index contributed by atoms with van der Waals surface area (Å²) in [6.07, 6.45) is 7.14. The number of nitrogens with one attached hydrogen (secondary N) is 1. The van der Waals surface area contributed by atoms with E-state index in [4.69, 9.17) is 0 Å². The van der Waals surface area contributed by atoms with Crippen LogP contribution in [0.25, 0.3) is 5.69 Å². The third kappa shape index (κ3) is 4.63. The fourth-order valence-electron chi connectivity index (χ4n) is 3.31. The van der Waals surface area contributed by atoms with Gasteiger partial charge in [-0.2, -0.15) is 4.68 Å². The number of rotatable bonds is 5. The van der Waals surface area contributed by atoms with Crippen LogP contribution >= 0.6 is 11.8 Å². The van der Waals surface area contributed by atoms with Gasteiger partial charge >= 0.3 is 0 Å². The highest BCUT2D eigenvalue weighted by Crippen LogP contribution is 2.25. The summed E-state index contributed by atoms with van der Waals surface area (Å²) in [7, 11) is 0. The Labute approximate surface area is 159 Å². The first-order valence-corrected chi connectivity index (χ1v) is 10.3. The minimum Gasteiger partial charge on any atom is -0.352 e. The Balaban J connectivity index is 1.68. The van der Waals surface area contributed by atoms with Crippen LogP contribution in [-0.4, -0.2) is 37.4 Å². The normalized spacial score (nSPS) is 16.9. The number of carbonyl (C=O) groups is 1. The van der Waals surface area contributed by atoms with Crippen molar-refractivity contribution in [1.29, 1.82) is 0 Å². The highest BCUT2D eigenvalue weighted by Gasteiger charge is 2.22. The lowest BCUT2D eigenvalue weighted by Gasteiger charge is -2.19. The SMILES string of the molecule is Cc1ccc(C)c(-n2nnnc2S[C@H](C)C(=O)NC2CCCCCC2)c1. The number of benzene rings is 1. The van der Waals surface area contributed by atoms with Crippen molar-refractivity contribution in [2.45, 2.75) is 75.7 Å². The van der Waals surface area contributed by atoms with Crippen molar-refractivity contribution in [1.82, 2.24) is 25.5 Å². The molecule has 140 valence electrons. The molecule has 1 aromatic carbocycles. The Morgan fingerprint density at radius 1 is 1.23 bits per heavy atom. The molecule has 6 nitrogen and oxygen atoms in total. The van der Waals surface area contributed by atoms with Crippen molar-refractivity contribution in [2.75, 3.05) is 0 Å². The number of nitrogens with zero attached hydrogens (tertiary/aromatic N) is 4. The fraction of sp³-hybridized carbons (Fsp3) is 0.579. The Morgan fingerprint density at radius 2 is 1.96 bits per heavy atom. The van der Waals surface area contributed by atoms with Crippen LogP contribution in [-0.2, 0) is 4.79 Å². The Bertz CT molecular complexity index is 752. The van der Waals surface area contributed by atoms with Crippen molar-refractivity contribution in [3.63, 3.8) is 0 Å². The summed E-state index contributed by atoms with van der Waals surface area (Å²) in [6, 6.07) is 6.50. The van der Waals surface area contributed by atoms with Gasteiger partial charge in [0, 0.05) is 6.04 Å². The molecule has 1 heterocycles. The Morgan fingerprint density at radius 3 is 2.69 bits per heavy atom. The second kappa shape index (κ2) is 8.66. The number of carbonyl (C=O) groups excluding carboxylic acids is 1. The summed E-state index contributed by atoms with van der Waals surface area (Å²) < 4.78 is 1.72. The largest absolute Gasteiger partial charge is 0.352 e. The van der Waals surface area contributed by atoms with Crippen LogP contribution in [0.5, 0.6) is 0 Å². The van der Waals surface area contributed by atoms with Gasteiger partial charge in [0.15, 0.2) is 0 Å². The zero-order valence-electron chi connectivity index (χ0n) is 15.7. The third-order valence-electron chi connectivity index (χ3n) is 4.89. The highest BCUT2D eigenvalue weighted by molar-refractivity contribution is 8.00. The average molecular weight is 374 g/mol. The third-order valence-corrected chi connectivity index (χ3v) is 5.92. The predicted molar refractivity (Wildman–Crippen MR) is 104 cm³/mol. The van der Waals surface area contributed by atoms with Crippen molar-refractivity contribution in [3.05, 3.63) is 29.3 Å². The van der Waals surface area contributed by atoms with E-state index in [0.29, 0.717) is 11.2 Å². The molecule has 0 radical (unpaired) electrons. The van der Waals surface area contributed by atoms with E-state index in [1.807, 2.05) is 20.8 Å². The zero-order valence-corrected chi connectivity index (χ0v) is 16.6. The van der Waals surface area contributed by atoms with Crippen LogP contribution in [0.15, 0.2) is 23.4 Å². The van der Waals surface area contributed by atoms with Crippen LogP contribution in [0.1, 0.15) is 56.6 Å². The predicted octanol–water partition coefficient (Wildman–Crippen LogP) is 3.60. The molecule has 0 spiro atoms. The van der Waals surface area contributed by atoms with E-state index < -0.39 is 0 Å². The molecule has 26 heavy (non-hydrogen) atoms. The molecule has 1 aliphatic rings. The lowest BCUT2D eigenvalue weighted by atomic mass is 10.1. The Kier molecular flexibility index (Phi) is 6.29. The van der Waals surface area contributed by atoms with Crippen molar-refractivity contribution in [3.8, 4) is 5.69 Å². The van der Waals surface area contributed by atoms with Gasteiger partial charge in [-0.25, -0.2) is 0 Å². The zero-order chi connectivity index (χ0) is 18.5. The standard InChI is InChI=1S/C19H27N5OS/c1-13-10-11-14(2)17(12-13)24-19(21-22-23-24)26-15(3)18(25)20-16-8-6-4-5-7-9-16/h10-12,15-16H,4-9H2,1-3H3,(H,20,25)/t15-/m1/s1. The molecule has 0 bridgehead atoms. The number of tetrazole rings is 1.